The first-order valence-corrected chi connectivity index (χ1v) is 8.98. The van der Waals surface area contributed by atoms with Gasteiger partial charge in [0.15, 0.2) is 17.4 Å². The van der Waals surface area contributed by atoms with Gasteiger partial charge in [-0.05, 0) is 29.3 Å². The number of nitrogens with one attached hydrogen (secondary N) is 1. The molecule has 1 aromatic heterocycles. The van der Waals surface area contributed by atoms with Gasteiger partial charge < -0.3 is 26.2 Å². The van der Waals surface area contributed by atoms with Gasteiger partial charge in [0.2, 0.25) is 5.91 Å². The van der Waals surface area contributed by atoms with E-state index in [9.17, 15) is 24.2 Å². The molecule has 0 aliphatic carbocycles. The third-order valence-electron chi connectivity index (χ3n) is 4.91. The van der Waals surface area contributed by atoms with Crippen LogP contribution in [0.25, 0.3) is 0 Å². The molecule has 1 aliphatic rings. The Morgan fingerprint density at radius 1 is 1.17 bits per heavy atom. The third-order valence-corrected chi connectivity index (χ3v) is 4.91. The SMILES string of the molecule is NC(=O)C(c1ccc(F)c(O)c1)N1c2c(C(=O)O)ccnc2NC1c1ccccc1. The van der Waals surface area contributed by atoms with Gasteiger partial charge in [0.05, 0.1) is 11.3 Å². The van der Waals surface area contributed by atoms with Crippen molar-refractivity contribution in [3.63, 3.8) is 0 Å². The molecule has 1 amide bonds. The number of phenolic OH excluding ortho intramolecular Hbond substituents is 1. The zero-order valence-corrected chi connectivity index (χ0v) is 15.5. The highest BCUT2D eigenvalue weighted by molar-refractivity contribution is 6.01. The molecule has 2 atom stereocenters. The summed E-state index contributed by atoms with van der Waals surface area (Å²) in [6.07, 6.45) is 0.669. The number of rotatable bonds is 5. The van der Waals surface area contributed by atoms with Crippen LogP contribution in [0, 0.1) is 5.82 Å². The Hall–Kier alpha value is -4.14. The minimum atomic E-state index is -1.21. The van der Waals surface area contributed by atoms with Crippen molar-refractivity contribution in [2.24, 2.45) is 5.73 Å². The highest BCUT2D eigenvalue weighted by Crippen LogP contribution is 2.47. The maximum Gasteiger partial charge on any atom is 0.338 e. The number of aromatic carboxylic acids is 1. The summed E-state index contributed by atoms with van der Waals surface area (Å²) in [6, 6.07) is 12.6. The molecule has 9 heteroatoms. The number of hydrogen-bond acceptors (Lipinski definition) is 6. The van der Waals surface area contributed by atoms with E-state index in [2.05, 4.69) is 10.3 Å². The van der Waals surface area contributed by atoms with Crippen LogP contribution in [-0.2, 0) is 4.79 Å². The van der Waals surface area contributed by atoms with Crippen molar-refractivity contribution in [3.8, 4) is 5.75 Å². The number of nitrogens with two attached hydrogens (primary N) is 1. The van der Waals surface area contributed by atoms with Crippen molar-refractivity contribution < 1.29 is 24.2 Å². The van der Waals surface area contributed by atoms with Crippen LogP contribution in [0.5, 0.6) is 5.75 Å². The number of amides is 1. The summed E-state index contributed by atoms with van der Waals surface area (Å²) in [6.45, 7) is 0. The van der Waals surface area contributed by atoms with Gasteiger partial charge in [-0.1, -0.05) is 36.4 Å². The van der Waals surface area contributed by atoms with Crippen LogP contribution in [0.15, 0.2) is 60.8 Å². The second-order valence-corrected chi connectivity index (χ2v) is 6.74. The average Bonchev–Trinajstić information content (AvgIpc) is 3.10. The van der Waals surface area contributed by atoms with E-state index in [4.69, 9.17) is 5.73 Å². The van der Waals surface area contributed by atoms with Gasteiger partial charge in [-0.25, -0.2) is 14.2 Å². The zero-order valence-electron chi connectivity index (χ0n) is 15.5. The first kappa shape index (κ1) is 19.2. The van der Waals surface area contributed by atoms with Gasteiger partial charge in [-0.2, -0.15) is 0 Å². The second-order valence-electron chi connectivity index (χ2n) is 6.74. The van der Waals surface area contributed by atoms with Crippen molar-refractivity contribution in [3.05, 3.63) is 83.3 Å². The summed E-state index contributed by atoms with van der Waals surface area (Å²) < 4.78 is 13.6. The molecule has 2 heterocycles. The van der Waals surface area contributed by atoms with Crippen molar-refractivity contribution in [2.75, 3.05) is 10.2 Å². The highest BCUT2D eigenvalue weighted by Gasteiger charge is 2.41. The Morgan fingerprint density at radius 3 is 2.53 bits per heavy atom. The van der Waals surface area contributed by atoms with Gasteiger partial charge in [0, 0.05) is 6.20 Å². The molecule has 0 radical (unpaired) electrons. The van der Waals surface area contributed by atoms with E-state index in [1.54, 1.807) is 24.3 Å². The second kappa shape index (κ2) is 7.36. The number of carbonyl (C=O) groups excluding carboxylic acids is 1. The Kier molecular flexibility index (Phi) is 4.71. The molecule has 2 unspecified atom stereocenters. The van der Waals surface area contributed by atoms with E-state index in [0.29, 0.717) is 0 Å². The number of pyridine rings is 1. The largest absolute Gasteiger partial charge is 0.505 e. The summed E-state index contributed by atoms with van der Waals surface area (Å²) >= 11 is 0. The molecule has 5 N–H and O–H groups in total. The monoisotopic (exact) mass is 408 g/mol. The highest BCUT2D eigenvalue weighted by atomic mass is 19.1. The number of anilines is 2. The number of primary amides is 1. The Bertz CT molecular complexity index is 1140. The molecule has 2 aromatic carbocycles. The molecule has 3 aromatic rings. The summed E-state index contributed by atoms with van der Waals surface area (Å²) in [4.78, 5) is 30.2. The number of fused-ring (bicyclic) bond motifs is 1. The molecule has 0 saturated carbocycles. The predicted molar refractivity (Wildman–Crippen MR) is 106 cm³/mol. The van der Waals surface area contributed by atoms with E-state index in [1.165, 1.54) is 23.2 Å². The number of aromatic hydroxyl groups is 1. The lowest BCUT2D eigenvalue weighted by molar-refractivity contribution is -0.119. The predicted octanol–water partition coefficient (Wildman–Crippen LogP) is 2.78. The number of nitrogens with zero attached hydrogens (tertiary/aromatic N) is 2. The van der Waals surface area contributed by atoms with Crippen LogP contribution in [0.1, 0.15) is 33.7 Å². The normalized spacial score (nSPS) is 15.9. The number of benzene rings is 2. The van der Waals surface area contributed by atoms with Gasteiger partial charge >= 0.3 is 5.97 Å². The Labute approximate surface area is 170 Å². The number of aromatic nitrogens is 1. The number of carboxylic acids is 1. The van der Waals surface area contributed by atoms with E-state index in [0.717, 1.165) is 17.7 Å². The first-order chi connectivity index (χ1) is 14.4. The van der Waals surface area contributed by atoms with Crippen LogP contribution < -0.4 is 16.0 Å². The summed E-state index contributed by atoms with van der Waals surface area (Å²) in [5.74, 6) is -3.25. The molecule has 152 valence electrons. The minimum Gasteiger partial charge on any atom is -0.505 e. The topological polar surface area (TPSA) is 129 Å². The standard InChI is InChI=1S/C21H17FN4O4/c22-14-7-6-12(10-15(14)27)16(18(23)28)26-17-13(21(29)30)8-9-24-19(17)25-20(26)11-4-2-1-3-5-11/h1-10,16,20,27H,(H2,23,28)(H,24,25)(H,29,30). The quantitative estimate of drug-likeness (QED) is 0.511. The molecule has 0 saturated heterocycles. The summed E-state index contributed by atoms with van der Waals surface area (Å²) in [7, 11) is 0. The number of halogens is 1. The van der Waals surface area contributed by atoms with Gasteiger partial charge in [0.1, 0.15) is 12.2 Å². The van der Waals surface area contributed by atoms with Crippen LogP contribution in [0.2, 0.25) is 0 Å². The smallest absolute Gasteiger partial charge is 0.338 e. The fourth-order valence-corrected chi connectivity index (χ4v) is 3.64. The van der Waals surface area contributed by atoms with E-state index < -0.39 is 35.7 Å². The fourth-order valence-electron chi connectivity index (χ4n) is 3.64. The molecule has 0 spiro atoms. The Balaban J connectivity index is 1.95. The lowest BCUT2D eigenvalue weighted by atomic mass is 10.0. The van der Waals surface area contributed by atoms with Crippen molar-refractivity contribution in [1.29, 1.82) is 0 Å². The van der Waals surface area contributed by atoms with Gasteiger partial charge in [0.25, 0.3) is 0 Å². The van der Waals surface area contributed by atoms with Crippen LogP contribution in [-0.4, -0.2) is 27.1 Å². The number of carboxylic acid groups (broad SMARTS) is 1. The average molecular weight is 408 g/mol. The summed E-state index contributed by atoms with van der Waals surface area (Å²) in [5, 5.41) is 22.7. The van der Waals surface area contributed by atoms with E-state index >= 15 is 0 Å². The molecular formula is C21H17FN4O4. The van der Waals surface area contributed by atoms with E-state index in [-0.39, 0.29) is 22.6 Å². The van der Waals surface area contributed by atoms with Crippen molar-refractivity contribution in [1.82, 2.24) is 4.98 Å². The molecule has 0 fully saturated rings. The zero-order chi connectivity index (χ0) is 21.4. The molecule has 4 rings (SSSR count). The van der Waals surface area contributed by atoms with Crippen molar-refractivity contribution in [2.45, 2.75) is 12.2 Å². The maximum absolute atomic E-state index is 13.6. The van der Waals surface area contributed by atoms with Crippen LogP contribution >= 0.6 is 0 Å². The Morgan fingerprint density at radius 2 is 1.90 bits per heavy atom. The third kappa shape index (κ3) is 3.16. The molecular weight excluding hydrogens is 391 g/mol. The maximum atomic E-state index is 13.6. The molecule has 8 nitrogen and oxygen atoms in total. The van der Waals surface area contributed by atoms with Gasteiger partial charge in [-0.3, -0.25) is 4.79 Å². The fraction of sp³-hybridized carbons (Fsp3) is 0.0952. The van der Waals surface area contributed by atoms with Gasteiger partial charge in [-0.15, -0.1) is 0 Å². The lowest BCUT2D eigenvalue weighted by Crippen LogP contribution is -2.40. The van der Waals surface area contributed by atoms with E-state index in [1.807, 2.05) is 6.07 Å². The first-order valence-electron chi connectivity index (χ1n) is 8.98. The number of hydrogen-bond donors (Lipinski definition) is 4. The molecule has 30 heavy (non-hydrogen) atoms. The minimum absolute atomic E-state index is 0.0801. The number of carbonyl (C=O) groups is 2. The summed E-state index contributed by atoms with van der Waals surface area (Å²) in [5.41, 5.74) is 6.73. The van der Waals surface area contributed by atoms with Crippen molar-refractivity contribution >= 4 is 23.4 Å². The molecule has 1 aliphatic heterocycles. The van der Waals surface area contributed by atoms with Crippen LogP contribution in [0.4, 0.5) is 15.9 Å². The lowest BCUT2D eigenvalue weighted by Gasteiger charge is -2.34. The van der Waals surface area contributed by atoms with Crippen LogP contribution in [0.3, 0.4) is 0 Å². The number of phenols is 1. The molecule has 0 bridgehead atoms.